The van der Waals surface area contributed by atoms with Crippen molar-refractivity contribution in [3.05, 3.63) is 50.4 Å². The molecule has 0 N–H and O–H groups in total. The van der Waals surface area contributed by atoms with Gasteiger partial charge in [0.15, 0.2) is 0 Å². The van der Waals surface area contributed by atoms with Gasteiger partial charge in [-0.2, -0.15) is 4.31 Å². The summed E-state index contributed by atoms with van der Waals surface area (Å²) in [5.74, 6) is -0.670. The van der Waals surface area contributed by atoms with Crippen LogP contribution in [-0.2, 0) is 22.9 Å². The lowest BCUT2D eigenvalue weighted by atomic mass is 9.95. The van der Waals surface area contributed by atoms with Gasteiger partial charge < -0.3 is 4.90 Å². The van der Waals surface area contributed by atoms with Crippen LogP contribution in [0.25, 0.3) is 0 Å². The van der Waals surface area contributed by atoms with Crippen molar-refractivity contribution in [2.24, 2.45) is 0 Å². The van der Waals surface area contributed by atoms with Crippen LogP contribution in [0.2, 0.25) is 5.02 Å². The van der Waals surface area contributed by atoms with Crippen LogP contribution < -0.4 is 0 Å². The number of sulfonamides is 1. The van der Waals surface area contributed by atoms with E-state index in [9.17, 15) is 17.6 Å². The zero-order chi connectivity index (χ0) is 19.9. The molecule has 2 heterocycles. The lowest BCUT2D eigenvalue weighted by Gasteiger charge is -2.34. The highest BCUT2D eigenvalue weighted by atomic mass is 35.5. The maximum atomic E-state index is 13.3. The Morgan fingerprint density at radius 1 is 1.11 bits per heavy atom. The normalized spacial score (nSPS) is 18.1. The molecule has 1 aliphatic heterocycles. The van der Waals surface area contributed by atoms with Crippen LogP contribution in [0.3, 0.4) is 0 Å². The molecule has 9 heteroatoms. The second-order valence-electron chi connectivity index (χ2n) is 7.03. The molecular formula is C19H20ClFN2O3S2. The molecule has 150 valence electrons. The summed E-state index contributed by atoms with van der Waals surface area (Å²) in [6.45, 7) is 1.07. The van der Waals surface area contributed by atoms with Crippen molar-refractivity contribution in [2.45, 2.75) is 30.6 Å². The Morgan fingerprint density at radius 2 is 1.82 bits per heavy atom. The van der Waals surface area contributed by atoms with Crippen molar-refractivity contribution in [3.8, 4) is 0 Å². The minimum atomic E-state index is -3.77. The molecule has 5 nitrogen and oxygen atoms in total. The summed E-state index contributed by atoms with van der Waals surface area (Å²) in [5, 5.41) is 1.72. The monoisotopic (exact) mass is 442 g/mol. The third kappa shape index (κ3) is 3.58. The molecule has 0 spiro atoms. The SMILES string of the molecule is O=C(c1csc2c1CCCC2)N1CCN(S(=O)(=O)c2ccc(F)c(Cl)c2)CC1. The Morgan fingerprint density at radius 3 is 2.54 bits per heavy atom. The molecular weight excluding hydrogens is 423 g/mol. The Bertz CT molecular complexity index is 1010. The van der Waals surface area contributed by atoms with E-state index in [1.807, 2.05) is 5.38 Å². The van der Waals surface area contributed by atoms with Crippen LogP contribution in [0.4, 0.5) is 4.39 Å². The first-order chi connectivity index (χ1) is 13.4. The lowest BCUT2D eigenvalue weighted by molar-refractivity contribution is 0.0697. The second-order valence-corrected chi connectivity index (χ2v) is 10.3. The molecule has 4 rings (SSSR count). The van der Waals surface area contributed by atoms with Crippen LogP contribution in [0, 0.1) is 5.82 Å². The van der Waals surface area contributed by atoms with Gasteiger partial charge in [0.2, 0.25) is 10.0 Å². The number of rotatable bonds is 3. The van der Waals surface area contributed by atoms with Gasteiger partial charge in [0.05, 0.1) is 15.5 Å². The summed E-state index contributed by atoms with van der Waals surface area (Å²) in [4.78, 5) is 15.9. The molecule has 28 heavy (non-hydrogen) atoms. The molecule has 2 aliphatic rings. The molecule has 1 aromatic heterocycles. The maximum Gasteiger partial charge on any atom is 0.255 e. The summed E-state index contributed by atoms with van der Waals surface area (Å²) < 4.78 is 40.2. The smallest absolute Gasteiger partial charge is 0.255 e. The number of carbonyl (C=O) groups excluding carboxylic acids is 1. The van der Waals surface area contributed by atoms with E-state index in [1.165, 1.54) is 27.2 Å². The van der Waals surface area contributed by atoms with Crippen molar-refractivity contribution >= 4 is 38.9 Å². The number of benzene rings is 1. The molecule has 1 aliphatic carbocycles. The predicted molar refractivity (Wildman–Crippen MR) is 107 cm³/mol. The van der Waals surface area contributed by atoms with Crippen LogP contribution in [0.1, 0.15) is 33.6 Å². The Balaban J connectivity index is 1.46. The first-order valence-corrected chi connectivity index (χ1v) is 11.9. The van der Waals surface area contributed by atoms with Gasteiger partial charge in [0.25, 0.3) is 5.91 Å². The molecule has 2 aromatic rings. The fourth-order valence-corrected chi connectivity index (χ4v) is 6.58. The summed E-state index contributed by atoms with van der Waals surface area (Å²) in [6.07, 6.45) is 4.26. The fourth-order valence-electron chi connectivity index (χ4n) is 3.76. The Labute approximate surface area is 172 Å². The summed E-state index contributed by atoms with van der Waals surface area (Å²) in [5.41, 5.74) is 1.96. The minimum absolute atomic E-state index is 0.0127. The van der Waals surface area contributed by atoms with Crippen molar-refractivity contribution in [1.29, 1.82) is 0 Å². The molecule has 0 unspecified atom stereocenters. The summed E-state index contributed by atoms with van der Waals surface area (Å²) in [7, 11) is -3.77. The highest BCUT2D eigenvalue weighted by Gasteiger charge is 2.32. The highest BCUT2D eigenvalue weighted by molar-refractivity contribution is 7.89. The van der Waals surface area contributed by atoms with Crippen molar-refractivity contribution in [3.63, 3.8) is 0 Å². The number of fused-ring (bicyclic) bond motifs is 1. The highest BCUT2D eigenvalue weighted by Crippen LogP contribution is 2.31. The van der Waals surface area contributed by atoms with Gasteiger partial charge in [-0.15, -0.1) is 11.3 Å². The Kier molecular flexibility index (Phi) is 5.48. The van der Waals surface area contributed by atoms with E-state index in [1.54, 1.807) is 16.2 Å². The predicted octanol–water partition coefficient (Wildman–Crippen LogP) is 3.57. The van der Waals surface area contributed by atoms with Gasteiger partial charge in [-0.25, -0.2) is 12.8 Å². The third-order valence-electron chi connectivity index (χ3n) is 5.35. The van der Waals surface area contributed by atoms with Gasteiger partial charge in [0.1, 0.15) is 5.82 Å². The van der Waals surface area contributed by atoms with Gasteiger partial charge in [0, 0.05) is 36.4 Å². The molecule has 0 saturated carbocycles. The van der Waals surface area contributed by atoms with E-state index >= 15 is 0 Å². The molecule has 1 fully saturated rings. The number of thiophene rings is 1. The molecule has 1 saturated heterocycles. The van der Waals surface area contributed by atoms with Gasteiger partial charge in [-0.1, -0.05) is 11.6 Å². The van der Waals surface area contributed by atoms with Crippen molar-refractivity contribution < 1.29 is 17.6 Å². The molecule has 0 bridgehead atoms. The fraction of sp³-hybridized carbons (Fsp3) is 0.421. The number of amides is 1. The van der Waals surface area contributed by atoms with E-state index in [0.717, 1.165) is 37.0 Å². The number of piperazine rings is 1. The number of hydrogen-bond acceptors (Lipinski definition) is 4. The zero-order valence-electron chi connectivity index (χ0n) is 15.2. The van der Waals surface area contributed by atoms with E-state index < -0.39 is 15.8 Å². The Hall–Kier alpha value is -1.48. The number of halogens is 2. The zero-order valence-corrected chi connectivity index (χ0v) is 17.5. The van der Waals surface area contributed by atoms with E-state index in [4.69, 9.17) is 11.6 Å². The van der Waals surface area contributed by atoms with E-state index in [2.05, 4.69) is 0 Å². The number of aryl methyl sites for hydroxylation is 1. The molecule has 0 radical (unpaired) electrons. The first-order valence-electron chi connectivity index (χ1n) is 9.21. The average molecular weight is 443 g/mol. The summed E-state index contributed by atoms with van der Waals surface area (Å²) in [6, 6.07) is 3.39. The quantitative estimate of drug-likeness (QED) is 0.730. The topological polar surface area (TPSA) is 57.7 Å². The summed E-state index contributed by atoms with van der Waals surface area (Å²) >= 11 is 7.38. The number of carbonyl (C=O) groups is 1. The lowest BCUT2D eigenvalue weighted by Crippen LogP contribution is -2.50. The van der Waals surface area contributed by atoms with E-state index in [-0.39, 0.29) is 28.9 Å². The average Bonchev–Trinajstić information content (AvgIpc) is 3.13. The largest absolute Gasteiger partial charge is 0.336 e. The van der Waals surface area contributed by atoms with Crippen LogP contribution in [-0.4, -0.2) is 49.7 Å². The minimum Gasteiger partial charge on any atom is -0.336 e. The maximum absolute atomic E-state index is 13.3. The van der Waals surface area contributed by atoms with Gasteiger partial charge in [-0.3, -0.25) is 4.79 Å². The van der Waals surface area contributed by atoms with Crippen molar-refractivity contribution in [1.82, 2.24) is 9.21 Å². The van der Waals surface area contributed by atoms with Crippen molar-refractivity contribution in [2.75, 3.05) is 26.2 Å². The first kappa shape index (κ1) is 19.8. The van der Waals surface area contributed by atoms with Crippen LogP contribution >= 0.6 is 22.9 Å². The standard InChI is InChI=1S/C19H20ClFN2O3S2/c20-16-11-13(5-6-17(16)21)28(25,26)23-9-7-22(8-10-23)19(24)15-12-27-18-4-2-1-3-14(15)18/h5-6,11-12H,1-4,7-10H2. The number of nitrogens with zero attached hydrogens (tertiary/aromatic N) is 2. The molecule has 1 amide bonds. The van der Waals surface area contributed by atoms with Crippen LogP contribution in [0.5, 0.6) is 0 Å². The van der Waals surface area contributed by atoms with E-state index in [0.29, 0.717) is 13.1 Å². The van der Waals surface area contributed by atoms with Crippen LogP contribution in [0.15, 0.2) is 28.5 Å². The number of hydrogen-bond donors (Lipinski definition) is 0. The second kappa shape index (κ2) is 7.74. The molecule has 0 atom stereocenters. The van der Waals surface area contributed by atoms with Gasteiger partial charge in [-0.05, 0) is 49.4 Å². The third-order valence-corrected chi connectivity index (χ3v) is 8.62. The molecule has 1 aromatic carbocycles. The van der Waals surface area contributed by atoms with Gasteiger partial charge >= 0.3 is 0 Å².